The Balaban J connectivity index is 2.40. The summed E-state index contributed by atoms with van der Waals surface area (Å²) in [5.41, 5.74) is -3.73. The summed E-state index contributed by atoms with van der Waals surface area (Å²) in [6.45, 7) is 0. The molecule has 0 fully saturated rings. The highest BCUT2D eigenvalue weighted by atomic mass is 19.4. The second-order valence-corrected chi connectivity index (χ2v) is 6.38. The molecule has 0 aliphatic rings. The van der Waals surface area contributed by atoms with Crippen LogP contribution in [0.2, 0.25) is 0 Å². The third kappa shape index (κ3) is 3.47. The molecule has 7 heteroatoms. The lowest BCUT2D eigenvalue weighted by atomic mass is 9.68. The van der Waals surface area contributed by atoms with E-state index in [0.717, 1.165) is 30.3 Å². The molecule has 3 aromatic carbocycles. The third-order valence-electron chi connectivity index (χ3n) is 4.74. The van der Waals surface area contributed by atoms with Crippen molar-refractivity contribution in [2.45, 2.75) is 11.6 Å². The van der Waals surface area contributed by atoms with Gasteiger partial charge in [-0.25, -0.2) is 9.59 Å². The van der Waals surface area contributed by atoms with E-state index in [1.54, 1.807) is 6.07 Å². The van der Waals surface area contributed by atoms with E-state index in [4.69, 9.17) is 5.11 Å². The maximum atomic E-state index is 14.8. The average Bonchev–Trinajstić information content (AvgIpc) is 2.69. The molecule has 0 aliphatic carbocycles. The Morgan fingerprint density at radius 2 is 1.14 bits per heavy atom. The van der Waals surface area contributed by atoms with Crippen molar-refractivity contribution in [1.29, 1.82) is 0 Å². The van der Waals surface area contributed by atoms with Gasteiger partial charge < -0.3 is 10.2 Å². The molecule has 0 amide bonds. The largest absolute Gasteiger partial charge is 0.478 e. The smallest absolute Gasteiger partial charge is 0.406 e. The van der Waals surface area contributed by atoms with E-state index in [-0.39, 0.29) is 27.8 Å². The number of rotatable bonds is 5. The predicted molar refractivity (Wildman–Crippen MR) is 99.2 cm³/mol. The van der Waals surface area contributed by atoms with Crippen molar-refractivity contribution in [1.82, 2.24) is 0 Å². The van der Waals surface area contributed by atoms with Crippen molar-refractivity contribution in [2.75, 3.05) is 0 Å². The Hall–Kier alpha value is -3.61. The zero-order valence-corrected chi connectivity index (χ0v) is 14.9. The van der Waals surface area contributed by atoms with E-state index in [1.165, 1.54) is 42.5 Å². The summed E-state index contributed by atoms with van der Waals surface area (Å²) in [6.07, 6.45) is -4.85. The lowest BCUT2D eigenvalue weighted by Crippen LogP contribution is -2.44. The van der Waals surface area contributed by atoms with E-state index >= 15 is 0 Å². The molecule has 1 unspecified atom stereocenters. The fraction of sp³-hybridized carbons (Fsp3) is 0.0909. The number of benzene rings is 3. The molecule has 0 saturated heterocycles. The van der Waals surface area contributed by atoms with Crippen molar-refractivity contribution in [3.63, 3.8) is 0 Å². The highest BCUT2D eigenvalue weighted by molar-refractivity contribution is 5.88. The standard InChI is InChI=1S/C22H15F3O4/c23-22(24,25)21(16-6-2-1-3-7-16,17-11-9-14(10-12-17)19(26)27)18-8-4-5-15(13-18)20(28)29/h1-13H,(H,26,27)(H,28,29). The molecule has 0 aliphatic heterocycles. The van der Waals surface area contributed by atoms with Gasteiger partial charge in [0.25, 0.3) is 0 Å². The SMILES string of the molecule is O=C(O)c1ccc(C(c2ccccc2)(c2cccc(C(=O)O)c2)C(F)(F)F)cc1. The van der Waals surface area contributed by atoms with Gasteiger partial charge in [0, 0.05) is 0 Å². The first kappa shape index (κ1) is 20.1. The Kier molecular flexibility index (Phi) is 5.16. The quantitative estimate of drug-likeness (QED) is 0.593. The minimum absolute atomic E-state index is 0.113. The van der Waals surface area contributed by atoms with Crippen molar-refractivity contribution in [3.8, 4) is 0 Å². The van der Waals surface area contributed by atoms with Gasteiger partial charge in [0.2, 0.25) is 0 Å². The molecule has 0 saturated carbocycles. The van der Waals surface area contributed by atoms with Gasteiger partial charge in [0.15, 0.2) is 0 Å². The maximum absolute atomic E-state index is 14.8. The summed E-state index contributed by atoms with van der Waals surface area (Å²) in [4.78, 5) is 22.5. The van der Waals surface area contributed by atoms with Crippen LogP contribution in [0.4, 0.5) is 13.2 Å². The molecule has 1 atom stereocenters. The van der Waals surface area contributed by atoms with Crippen molar-refractivity contribution in [2.24, 2.45) is 0 Å². The van der Waals surface area contributed by atoms with Crippen LogP contribution in [0, 0.1) is 0 Å². The molecule has 0 heterocycles. The van der Waals surface area contributed by atoms with E-state index in [9.17, 15) is 27.9 Å². The molecular weight excluding hydrogens is 385 g/mol. The number of alkyl halides is 3. The highest BCUT2D eigenvalue weighted by Crippen LogP contribution is 2.51. The minimum Gasteiger partial charge on any atom is -0.478 e. The predicted octanol–water partition coefficient (Wildman–Crippen LogP) is 4.98. The Labute approximate surface area is 163 Å². The maximum Gasteiger partial charge on any atom is 0.406 e. The summed E-state index contributed by atoms with van der Waals surface area (Å²) in [7, 11) is 0. The van der Waals surface area contributed by atoms with Gasteiger partial charge in [-0.05, 0) is 41.0 Å². The Morgan fingerprint density at radius 3 is 1.66 bits per heavy atom. The van der Waals surface area contributed by atoms with Gasteiger partial charge in [-0.3, -0.25) is 0 Å². The first-order chi connectivity index (χ1) is 13.7. The topological polar surface area (TPSA) is 74.6 Å². The number of carboxylic acids is 2. The zero-order valence-electron chi connectivity index (χ0n) is 14.9. The van der Waals surface area contributed by atoms with Crippen LogP contribution in [0.5, 0.6) is 0 Å². The molecule has 3 aromatic rings. The first-order valence-corrected chi connectivity index (χ1v) is 8.48. The molecule has 2 N–H and O–H groups in total. The minimum atomic E-state index is -4.85. The number of carbonyl (C=O) groups is 2. The molecule has 29 heavy (non-hydrogen) atoms. The highest BCUT2D eigenvalue weighted by Gasteiger charge is 2.58. The zero-order chi connectivity index (χ0) is 21.2. The van der Waals surface area contributed by atoms with Crippen molar-refractivity contribution in [3.05, 3.63) is 107 Å². The fourth-order valence-corrected chi connectivity index (χ4v) is 3.43. The average molecular weight is 400 g/mol. The molecule has 0 radical (unpaired) electrons. The van der Waals surface area contributed by atoms with E-state index in [0.29, 0.717) is 0 Å². The number of carboxylic acid groups (broad SMARTS) is 2. The van der Waals surface area contributed by atoms with Crippen LogP contribution in [-0.4, -0.2) is 28.3 Å². The van der Waals surface area contributed by atoms with Crippen LogP contribution >= 0.6 is 0 Å². The fourth-order valence-electron chi connectivity index (χ4n) is 3.43. The van der Waals surface area contributed by atoms with Gasteiger partial charge in [-0.1, -0.05) is 54.6 Å². The van der Waals surface area contributed by atoms with Gasteiger partial charge in [0.1, 0.15) is 5.41 Å². The molecule has 4 nitrogen and oxygen atoms in total. The molecule has 3 rings (SSSR count). The molecular formula is C22H15F3O4. The number of aromatic carboxylic acids is 2. The normalized spacial score (nSPS) is 13.5. The summed E-state index contributed by atoms with van der Waals surface area (Å²) >= 11 is 0. The number of hydrogen-bond acceptors (Lipinski definition) is 2. The molecule has 0 spiro atoms. The summed E-state index contributed by atoms with van der Waals surface area (Å²) in [5, 5.41) is 18.4. The van der Waals surface area contributed by atoms with Gasteiger partial charge >= 0.3 is 18.1 Å². The van der Waals surface area contributed by atoms with Crippen LogP contribution in [-0.2, 0) is 5.41 Å². The monoisotopic (exact) mass is 400 g/mol. The molecule has 0 aromatic heterocycles. The van der Waals surface area contributed by atoms with Gasteiger partial charge in [-0.15, -0.1) is 0 Å². The van der Waals surface area contributed by atoms with Crippen LogP contribution in [0.25, 0.3) is 0 Å². The van der Waals surface area contributed by atoms with E-state index in [2.05, 4.69) is 0 Å². The Morgan fingerprint density at radius 1 is 0.621 bits per heavy atom. The summed E-state index contributed by atoms with van der Waals surface area (Å²) in [5.74, 6) is -2.61. The number of halogens is 3. The lowest BCUT2D eigenvalue weighted by molar-refractivity contribution is -0.166. The van der Waals surface area contributed by atoms with Crippen molar-refractivity contribution < 1.29 is 33.0 Å². The van der Waals surface area contributed by atoms with Crippen LogP contribution < -0.4 is 0 Å². The second kappa shape index (κ2) is 7.43. The first-order valence-electron chi connectivity index (χ1n) is 8.48. The molecule has 0 bridgehead atoms. The van der Waals surface area contributed by atoms with Crippen LogP contribution in [0.15, 0.2) is 78.9 Å². The van der Waals surface area contributed by atoms with Crippen LogP contribution in [0.3, 0.4) is 0 Å². The van der Waals surface area contributed by atoms with Gasteiger partial charge in [0.05, 0.1) is 11.1 Å². The third-order valence-corrected chi connectivity index (χ3v) is 4.74. The van der Waals surface area contributed by atoms with Crippen LogP contribution in [0.1, 0.15) is 37.4 Å². The summed E-state index contributed by atoms with van der Waals surface area (Å²) in [6, 6.07) is 16.2. The second-order valence-electron chi connectivity index (χ2n) is 6.38. The van der Waals surface area contributed by atoms with E-state index < -0.39 is 23.5 Å². The van der Waals surface area contributed by atoms with E-state index in [1.807, 2.05) is 0 Å². The lowest BCUT2D eigenvalue weighted by Gasteiger charge is -2.37. The Bertz CT molecular complexity index is 1040. The number of hydrogen-bond donors (Lipinski definition) is 2. The summed E-state index contributed by atoms with van der Waals surface area (Å²) < 4.78 is 44.3. The van der Waals surface area contributed by atoms with Crippen molar-refractivity contribution >= 4 is 11.9 Å². The molecule has 148 valence electrons. The van der Waals surface area contributed by atoms with Gasteiger partial charge in [-0.2, -0.15) is 13.2 Å².